The second-order valence-corrected chi connectivity index (χ2v) is 4.98. The van der Waals surface area contributed by atoms with Crippen LogP contribution in [-0.2, 0) is 6.42 Å². The summed E-state index contributed by atoms with van der Waals surface area (Å²) in [5, 5.41) is 0. The Morgan fingerprint density at radius 2 is 1.84 bits per heavy atom. The summed E-state index contributed by atoms with van der Waals surface area (Å²) in [6.07, 6.45) is 6.97. The van der Waals surface area contributed by atoms with Gasteiger partial charge in [-0.05, 0) is 41.7 Å². The normalized spacial score (nSPS) is 17.6. The molecule has 1 nitrogen and oxygen atoms in total. The van der Waals surface area contributed by atoms with Crippen molar-refractivity contribution in [1.29, 1.82) is 0 Å². The van der Waals surface area contributed by atoms with Crippen LogP contribution in [0, 0.1) is 0 Å². The standard InChI is InChI=1S/C18H18O/c1-19-17-12-7-14(8-13-17)6-9-16-11-10-15-4-2-3-5-18(15)16/h2-9,12-13,16H,10-11H2,1H3/b9-6+/t16-/m0/s1. The van der Waals surface area contributed by atoms with Crippen LogP contribution in [0.15, 0.2) is 54.6 Å². The fourth-order valence-corrected chi connectivity index (χ4v) is 2.73. The van der Waals surface area contributed by atoms with Gasteiger partial charge < -0.3 is 4.74 Å². The number of hydrogen-bond donors (Lipinski definition) is 0. The van der Waals surface area contributed by atoms with Gasteiger partial charge in [0.15, 0.2) is 0 Å². The molecule has 0 amide bonds. The summed E-state index contributed by atoms with van der Waals surface area (Å²) in [4.78, 5) is 0. The molecule has 0 aromatic heterocycles. The Labute approximate surface area is 114 Å². The van der Waals surface area contributed by atoms with Crippen LogP contribution in [0.1, 0.15) is 29.0 Å². The molecule has 0 aliphatic heterocycles. The highest BCUT2D eigenvalue weighted by Crippen LogP contribution is 2.34. The van der Waals surface area contributed by atoms with E-state index in [9.17, 15) is 0 Å². The molecule has 2 aromatic carbocycles. The Morgan fingerprint density at radius 1 is 1.05 bits per heavy atom. The Morgan fingerprint density at radius 3 is 2.63 bits per heavy atom. The molecule has 0 heterocycles. The van der Waals surface area contributed by atoms with Crippen molar-refractivity contribution in [2.24, 2.45) is 0 Å². The van der Waals surface area contributed by atoms with Gasteiger partial charge in [0.05, 0.1) is 7.11 Å². The third kappa shape index (κ3) is 2.55. The molecule has 0 saturated heterocycles. The van der Waals surface area contributed by atoms with Crippen LogP contribution in [-0.4, -0.2) is 7.11 Å². The largest absolute Gasteiger partial charge is 0.497 e. The lowest BCUT2D eigenvalue weighted by Crippen LogP contribution is -1.87. The van der Waals surface area contributed by atoms with Crippen LogP contribution in [0.5, 0.6) is 5.75 Å². The van der Waals surface area contributed by atoms with Crippen LogP contribution in [0.25, 0.3) is 6.08 Å². The Balaban J connectivity index is 1.76. The highest BCUT2D eigenvalue weighted by Gasteiger charge is 2.18. The number of rotatable bonds is 3. The maximum absolute atomic E-state index is 5.17. The first-order chi connectivity index (χ1) is 9.36. The van der Waals surface area contributed by atoms with Crippen LogP contribution in [0.4, 0.5) is 0 Å². The molecule has 3 rings (SSSR count). The number of allylic oxidation sites excluding steroid dienone is 1. The van der Waals surface area contributed by atoms with Gasteiger partial charge in [-0.15, -0.1) is 0 Å². The summed E-state index contributed by atoms with van der Waals surface area (Å²) in [5.74, 6) is 1.47. The van der Waals surface area contributed by atoms with E-state index in [0.29, 0.717) is 5.92 Å². The summed E-state index contributed by atoms with van der Waals surface area (Å²) in [7, 11) is 1.69. The maximum Gasteiger partial charge on any atom is 0.118 e. The molecule has 0 unspecified atom stereocenters. The molecule has 96 valence electrons. The SMILES string of the molecule is COc1ccc(/C=C/[C@H]2CCc3ccccc32)cc1. The number of fused-ring (bicyclic) bond motifs is 1. The topological polar surface area (TPSA) is 9.23 Å². The monoisotopic (exact) mass is 250 g/mol. The molecular formula is C18H18O. The summed E-state index contributed by atoms with van der Waals surface area (Å²) in [6, 6.07) is 17.0. The molecule has 0 bridgehead atoms. The zero-order chi connectivity index (χ0) is 13.1. The average molecular weight is 250 g/mol. The van der Waals surface area contributed by atoms with E-state index >= 15 is 0 Å². The molecule has 1 heteroatoms. The van der Waals surface area contributed by atoms with E-state index < -0.39 is 0 Å². The maximum atomic E-state index is 5.17. The first-order valence-electron chi connectivity index (χ1n) is 6.77. The third-order valence-electron chi connectivity index (χ3n) is 3.82. The lowest BCUT2D eigenvalue weighted by Gasteiger charge is -2.05. The molecule has 2 aromatic rings. The Bertz CT molecular complexity index is 581. The van der Waals surface area contributed by atoms with Crippen LogP contribution >= 0.6 is 0 Å². The lowest BCUT2D eigenvalue weighted by molar-refractivity contribution is 0.415. The van der Waals surface area contributed by atoms with Gasteiger partial charge in [-0.3, -0.25) is 0 Å². The highest BCUT2D eigenvalue weighted by molar-refractivity contribution is 5.53. The van der Waals surface area contributed by atoms with Crippen LogP contribution in [0.2, 0.25) is 0 Å². The minimum Gasteiger partial charge on any atom is -0.497 e. The van der Waals surface area contributed by atoms with Crippen molar-refractivity contribution in [3.05, 3.63) is 71.3 Å². The molecule has 0 spiro atoms. The molecule has 0 radical (unpaired) electrons. The minimum absolute atomic E-state index is 0.568. The van der Waals surface area contributed by atoms with E-state index in [1.165, 1.54) is 29.5 Å². The molecule has 0 N–H and O–H groups in total. The van der Waals surface area contributed by atoms with Gasteiger partial charge >= 0.3 is 0 Å². The Kier molecular flexibility index (Phi) is 3.37. The van der Waals surface area contributed by atoms with Crippen molar-refractivity contribution in [2.45, 2.75) is 18.8 Å². The second-order valence-electron chi connectivity index (χ2n) is 4.98. The van der Waals surface area contributed by atoms with Crippen molar-refractivity contribution in [3.63, 3.8) is 0 Å². The zero-order valence-electron chi connectivity index (χ0n) is 11.2. The Hall–Kier alpha value is -2.02. The van der Waals surface area contributed by atoms with Gasteiger partial charge in [0.1, 0.15) is 5.75 Å². The summed E-state index contributed by atoms with van der Waals surface area (Å²) in [5.41, 5.74) is 4.23. The number of hydrogen-bond acceptors (Lipinski definition) is 1. The van der Waals surface area contributed by atoms with Crippen molar-refractivity contribution in [3.8, 4) is 5.75 Å². The van der Waals surface area contributed by atoms with Gasteiger partial charge in [0.25, 0.3) is 0 Å². The second kappa shape index (κ2) is 5.31. The predicted octanol–water partition coefficient (Wildman–Crippen LogP) is 4.44. The smallest absolute Gasteiger partial charge is 0.118 e. The van der Waals surface area contributed by atoms with E-state index in [4.69, 9.17) is 4.74 Å². The predicted molar refractivity (Wildman–Crippen MR) is 79.5 cm³/mol. The summed E-state index contributed by atoms with van der Waals surface area (Å²) in [6.45, 7) is 0. The summed E-state index contributed by atoms with van der Waals surface area (Å²) < 4.78 is 5.17. The molecular weight excluding hydrogens is 232 g/mol. The van der Waals surface area contributed by atoms with Gasteiger partial charge in [-0.25, -0.2) is 0 Å². The zero-order valence-corrected chi connectivity index (χ0v) is 11.2. The highest BCUT2D eigenvalue weighted by atomic mass is 16.5. The van der Waals surface area contributed by atoms with E-state index in [1.807, 2.05) is 12.1 Å². The minimum atomic E-state index is 0.568. The molecule has 19 heavy (non-hydrogen) atoms. The average Bonchev–Trinajstić information content (AvgIpc) is 2.89. The molecule has 1 atom stereocenters. The summed E-state index contributed by atoms with van der Waals surface area (Å²) >= 11 is 0. The van der Waals surface area contributed by atoms with Crippen molar-refractivity contribution >= 4 is 6.08 Å². The van der Waals surface area contributed by atoms with Gasteiger partial charge in [-0.1, -0.05) is 48.6 Å². The lowest BCUT2D eigenvalue weighted by atomic mass is 10.00. The van der Waals surface area contributed by atoms with E-state index in [1.54, 1.807) is 7.11 Å². The third-order valence-corrected chi connectivity index (χ3v) is 3.82. The number of ether oxygens (including phenoxy) is 1. The van der Waals surface area contributed by atoms with E-state index in [-0.39, 0.29) is 0 Å². The van der Waals surface area contributed by atoms with Gasteiger partial charge in [0, 0.05) is 5.92 Å². The number of aryl methyl sites for hydroxylation is 1. The van der Waals surface area contributed by atoms with Crippen molar-refractivity contribution in [1.82, 2.24) is 0 Å². The molecule has 0 fully saturated rings. The van der Waals surface area contributed by atoms with Crippen molar-refractivity contribution < 1.29 is 4.74 Å². The van der Waals surface area contributed by atoms with Crippen LogP contribution < -0.4 is 4.74 Å². The fraction of sp³-hybridized carbons (Fsp3) is 0.222. The fourth-order valence-electron chi connectivity index (χ4n) is 2.73. The molecule has 0 saturated carbocycles. The first kappa shape index (κ1) is 12.0. The quantitative estimate of drug-likeness (QED) is 0.782. The van der Waals surface area contributed by atoms with Gasteiger partial charge in [-0.2, -0.15) is 0 Å². The molecule has 1 aliphatic carbocycles. The first-order valence-corrected chi connectivity index (χ1v) is 6.77. The number of methoxy groups -OCH3 is 1. The number of benzene rings is 2. The molecule has 1 aliphatic rings. The van der Waals surface area contributed by atoms with Crippen LogP contribution in [0.3, 0.4) is 0 Å². The van der Waals surface area contributed by atoms with Gasteiger partial charge in [0.2, 0.25) is 0 Å². The van der Waals surface area contributed by atoms with Crippen molar-refractivity contribution in [2.75, 3.05) is 7.11 Å². The van der Waals surface area contributed by atoms with E-state index in [0.717, 1.165) is 5.75 Å². The van der Waals surface area contributed by atoms with E-state index in [2.05, 4.69) is 48.6 Å².